The molecule has 1 amide bonds. The molecule has 0 saturated carbocycles. The molecule has 24 heavy (non-hydrogen) atoms. The summed E-state index contributed by atoms with van der Waals surface area (Å²) in [7, 11) is -2.37. The first-order valence-electron chi connectivity index (χ1n) is 7.52. The van der Waals surface area contributed by atoms with Gasteiger partial charge < -0.3 is 10.1 Å². The fourth-order valence-corrected chi connectivity index (χ4v) is 3.17. The summed E-state index contributed by atoms with van der Waals surface area (Å²) in [5.41, 5.74) is 0.632. The van der Waals surface area contributed by atoms with Gasteiger partial charge in [0.25, 0.3) is 15.9 Å². The molecule has 6 nitrogen and oxygen atoms in total. The second kappa shape index (κ2) is 7.83. The van der Waals surface area contributed by atoms with E-state index in [2.05, 4.69) is 10.0 Å². The molecule has 0 aliphatic rings. The van der Waals surface area contributed by atoms with E-state index >= 15 is 0 Å². The second-order valence-electron chi connectivity index (χ2n) is 5.09. The molecule has 7 heteroatoms. The summed E-state index contributed by atoms with van der Waals surface area (Å²) in [5, 5.41) is 2.72. The Morgan fingerprint density at radius 3 is 2.46 bits per heavy atom. The third kappa shape index (κ3) is 4.26. The first-order chi connectivity index (χ1) is 11.5. The van der Waals surface area contributed by atoms with E-state index < -0.39 is 10.0 Å². The lowest BCUT2D eigenvalue weighted by atomic mass is 10.2. The van der Waals surface area contributed by atoms with Crippen LogP contribution in [0.1, 0.15) is 23.7 Å². The molecule has 0 fully saturated rings. The monoisotopic (exact) mass is 348 g/mol. The molecule has 2 aromatic rings. The van der Waals surface area contributed by atoms with Crippen molar-refractivity contribution >= 4 is 21.6 Å². The minimum Gasteiger partial charge on any atom is -0.496 e. The van der Waals surface area contributed by atoms with Crippen LogP contribution in [0, 0.1) is 0 Å². The maximum absolute atomic E-state index is 12.5. The average molecular weight is 348 g/mol. The Balaban J connectivity index is 2.35. The van der Waals surface area contributed by atoms with E-state index in [1.165, 1.54) is 25.3 Å². The molecule has 0 heterocycles. The van der Waals surface area contributed by atoms with E-state index in [0.717, 1.165) is 6.42 Å². The summed E-state index contributed by atoms with van der Waals surface area (Å²) in [5.74, 6) is -0.0484. The third-order valence-electron chi connectivity index (χ3n) is 3.29. The van der Waals surface area contributed by atoms with Gasteiger partial charge in [0.05, 0.1) is 17.6 Å². The number of amides is 1. The van der Waals surface area contributed by atoms with E-state index in [4.69, 9.17) is 4.74 Å². The van der Waals surface area contributed by atoms with Crippen molar-refractivity contribution in [1.82, 2.24) is 5.32 Å². The van der Waals surface area contributed by atoms with Crippen LogP contribution in [0.5, 0.6) is 5.75 Å². The van der Waals surface area contributed by atoms with Crippen molar-refractivity contribution in [2.75, 3.05) is 18.4 Å². The van der Waals surface area contributed by atoms with Gasteiger partial charge >= 0.3 is 0 Å². The van der Waals surface area contributed by atoms with Gasteiger partial charge in [0, 0.05) is 12.2 Å². The summed E-state index contributed by atoms with van der Waals surface area (Å²) in [6.45, 7) is 2.43. The largest absolute Gasteiger partial charge is 0.496 e. The third-order valence-corrected chi connectivity index (χ3v) is 4.67. The summed E-state index contributed by atoms with van der Waals surface area (Å²) >= 11 is 0. The van der Waals surface area contributed by atoms with Gasteiger partial charge in [-0.1, -0.05) is 25.1 Å². The molecule has 0 aliphatic heterocycles. The van der Waals surface area contributed by atoms with Crippen LogP contribution in [0.25, 0.3) is 0 Å². The van der Waals surface area contributed by atoms with Gasteiger partial charge in [-0.05, 0) is 36.8 Å². The summed E-state index contributed by atoms with van der Waals surface area (Å²) in [6.07, 6.45) is 0.779. The zero-order valence-electron chi connectivity index (χ0n) is 13.6. The number of hydrogen-bond donors (Lipinski definition) is 2. The standard InChI is InChI=1S/C17H20N2O4S/c1-3-11-18-17(20)15-12-14(9-10-16(15)23-2)24(21,22)19-13-7-5-4-6-8-13/h4-10,12,19H,3,11H2,1-2H3,(H,18,20). The van der Waals surface area contributed by atoms with Crippen LogP contribution in [-0.2, 0) is 10.0 Å². The number of methoxy groups -OCH3 is 1. The van der Waals surface area contributed by atoms with Crippen molar-refractivity contribution in [2.24, 2.45) is 0 Å². The first kappa shape index (κ1) is 17.8. The van der Waals surface area contributed by atoms with Gasteiger partial charge in [0.15, 0.2) is 0 Å². The Hall–Kier alpha value is -2.54. The number of para-hydroxylation sites is 1. The fourth-order valence-electron chi connectivity index (χ4n) is 2.09. The topological polar surface area (TPSA) is 84.5 Å². The Labute approximate surface area is 141 Å². The Morgan fingerprint density at radius 2 is 1.83 bits per heavy atom. The highest BCUT2D eigenvalue weighted by atomic mass is 32.2. The van der Waals surface area contributed by atoms with Crippen molar-refractivity contribution < 1.29 is 17.9 Å². The van der Waals surface area contributed by atoms with Crippen LogP contribution in [0.3, 0.4) is 0 Å². The van der Waals surface area contributed by atoms with Crippen LogP contribution < -0.4 is 14.8 Å². The molecule has 128 valence electrons. The number of nitrogens with one attached hydrogen (secondary N) is 2. The molecule has 0 spiro atoms. The number of ether oxygens (including phenoxy) is 1. The molecule has 2 aromatic carbocycles. The molecule has 0 radical (unpaired) electrons. The molecule has 0 atom stereocenters. The lowest BCUT2D eigenvalue weighted by Gasteiger charge is -2.12. The number of benzene rings is 2. The van der Waals surface area contributed by atoms with Crippen molar-refractivity contribution in [3.63, 3.8) is 0 Å². The Bertz CT molecular complexity index is 805. The molecule has 0 saturated heterocycles. The van der Waals surface area contributed by atoms with Crippen molar-refractivity contribution in [2.45, 2.75) is 18.2 Å². The van der Waals surface area contributed by atoms with Crippen LogP contribution in [-0.4, -0.2) is 28.0 Å². The SMILES string of the molecule is CCCNC(=O)c1cc(S(=O)(=O)Nc2ccccc2)ccc1OC. The summed E-state index contributed by atoms with van der Waals surface area (Å²) in [6, 6.07) is 12.7. The van der Waals surface area contributed by atoms with Crippen LogP contribution in [0.4, 0.5) is 5.69 Å². The lowest BCUT2D eigenvalue weighted by molar-refractivity contribution is 0.0950. The maximum Gasteiger partial charge on any atom is 0.261 e. The van der Waals surface area contributed by atoms with Crippen LogP contribution in [0.2, 0.25) is 0 Å². The first-order valence-corrected chi connectivity index (χ1v) is 9.00. The fraction of sp³-hybridized carbons (Fsp3) is 0.235. The number of anilines is 1. The normalized spacial score (nSPS) is 10.9. The molecule has 2 rings (SSSR count). The zero-order valence-corrected chi connectivity index (χ0v) is 14.4. The Morgan fingerprint density at radius 1 is 1.12 bits per heavy atom. The van der Waals surface area contributed by atoms with Crippen molar-refractivity contribution in [3.05, 3.63) is 54.1 Å². The average Bonchev–Trinajstić information content (AvgIpc) is 2.59. The quantitative estimate of drug-likeness (QED) is 0.805. The van der Waals surface area contributed by atoms with Gasteiger partial charge in [0.1, 0.15) is 5.75 Å². The van der Waals surface area contributed by atoms with E-state index in [-0.39, 0.29) is 16.4 Å². The van der Waals surface area contributed by atoms with E-state index in [9.17, 15) is 13.2 Å². The molecule has 0 unspecified atom stereocenters. The Kier molecular flexibility index (Phi) is 5.81. The predicted molar refractivity (Wildman–Crippen MR) is 92.9 cm³/mol. The maximum atomic E-state index is 12.5. The lowest BCUT2D eigenvalue weighted by Crippen LogP contribution is -2.25. The molecular weight excluding hydrogens is 328 g/mol. The van der Waals surface area contributed by atoms with Gasteiger partial charge in [-0.25, -0.2) is 8.42 Å². The van der Waals surface area contributed by atoms with Crippen molar-refractivity contribution in [3.8, 4) is 5.75 Å². The molecule has 2 N–H and O–H groups in total. The summed E-state index contributed by atoms with van der Waals surface area (Å²) < 4.78 is 32.7. The van der Waals surface area contributed by atoms with Crippen molar-refractivity contribution in [1.29, 1.82) is 0 Å². The number of hydrogen-bond acceptors (Lipinski definition) is 4. The summed E-state index contributed by atoms with van der Waals surface area (Å²) in [4.78, 5) is 12.2. The number of carbonyl (C=O) groups excluding carboxylic acids is 1. The predicted octanol–water partition coefficient (Wildman–Crippen LogP) is 2.64. The highest BCUT2D eigenvalue weighted by Crippen LogP contribution is 2.24. The van der Waals surface area contributed by atoms with Gasteiger partial charge in [-0.15, -0.1) is 0 Å². The highest BCUT2D eigenvalue weighted by Gasteiger charge is 2.19. The van der Waals surface area contributed by atoms with Gasteiger partial charge in [-0.2, -0.15) is 0 Å². The van der Waals surface area contributed by atoms with E-state index in [1.807, 2.05) is 6.92 Å². The minimum atomic E-state index is -3.80. The van der Waals surface area contributed by atoms with Crippen LogP contribution >= 0.6 is 0 Å². The number of carbonyl (C=O) groups is 1. The molecular formula is C17H20N2O4S. The second-order valence-corrected chi connectivity index (χ2v) is 6.77. The number of rotatable bonds is 7. The van der Waals surface area contributed by atoms with Gasteiger partial charge in [-0.3, -0.25) is 9.52 Å². The van der Waals surface area contributed by atoms with Gasteiger partial charge in [0.2, 0.25) is 0 Å². The molecule has 0 bridgehead atoms. The van der Waals surface area contributed by atoms with E-state index in [1.54, 1.807) is 30.3 Å². The van der Waals surface area contributed by atoms with Crippen LogP contribution in [0.15, 0.2) is 53.4 Å². The molecule has 0 aliphatic carbocycles. The molecule has 0 aromatic heterocycles. The highest BCUT2D eigenvalue weighted by molar-refractivity contribution is 7.92. The minimum absolute atomic E-state index is 0.00574. The zero-order chi connectivity index (χ0) is 17.6. The smallest absolute Gasteiger partial charge is 0.261 e. The van der Waals surface area contributed by atoms with E-state index in [0.29, 0.717) is 18.0 Å². The number of sulfonamides is 1.